The van der Waals surface area contributed by atoms with Crippen molar-refractivity contribution in [3.63, 3.8) is 0 Å². The van der Waals surface area contributed by atoms with Crippen LogP contribution >= 0.6 is 23.2 Å². The van der Waals surface area contributed by atoms with Crippen molar-refractivity contribution in [2.75, 3.05) is 7.11 Å². The molecule has 3 aromatic rings. The van der Waals surface area contributed by atoms with Crippen molar-refractivity contribution in [1.82, 2.24) is 9.55 Å². The van der Waals surface area contributed by atoms with Gasteiger partial charge in [-0.3, -0.25) is 4.79 Å². The Bertz CT molecular complexity index is 981. The third kappa shape index (κ3) is 3.24. The zero-order chi connectivity index (χ0) is 18.1. The highest BCUT2D eigenvalue weighted by molar-refractivity contribution is 6.42. The molecule has 1 unspecified atom stereocenters. The molecule has 0 amide bonds. The molecule has 25 heavy (non-hydrogen) atoms. The van der Waals surface area contributed by atoms with E-state index in [0.29, 0.717) is 26.8 Å². The molecule has 1 aromatic heterocycles. The van der Waals surface area contributed by atoms with E-state index in [2.05, 4.69) is 4.98 Å². The summed E-state index contributed by atoms with van der Waals surface area (Å²) in [5.74, 6) is 0.669. The van der Waals surface area contributed by atoms with Crippen molar-refractivity contribution in [3.05, 3.63) is 68.1 Å². The van der Waals surface area contributed by atoms with Gasteiger partial charge in [0.1, 0.15) is 11.4 Å². The summed E-state index contributed by atoms with van der Waals surface area (Å²) < 4.78 is 6.78. The third-order valence-electron chi connectivity index (χ3n) is 4.40. The predicted molar refractivity (Wildman–Crippen MR) is 102 cm³/mol. The smallest absolute Gasteiger partial charge is 0.273 e. The number of hydrogen-bond donors (Lipinski definition) is 0. The van der Waals surface area contributed by atoms with Crippen LogP contribution in [0.1, 0.15) is 30.5 Å². The van der Waals surface area contributed by atoms with Crippen LogP contribution in [0.4, 0.5) is 0 Å². The van der Waals surface area contributed by atoms with E-state index in [1.54, 1.807) is 30.9 Å². The van der Waals surface area contributed by atoms with E-state index in [-0.39, 0.29) is 11.5 Å². The number of methoxy groups -OCH3 is 1. The van der Waals surface area contributed by atoms with Crippen molar-refractivity contribution < 1.29 is 4.74 Å². The molecule has 0 saturated carbocycles. The topological polar surface area (TPSA) is 44.1 Å². The highest BCUT2D eigenvalue weighted by Gasteiger charge is 2.20. The summed E-state index contributed by atoms with van der Waals surface area (Å²) in [7, 11) is 3.35. The molecule has 2 aromatic carbocycles. The molecular weight excluding hydrogens is 359 g/mol. The Balaban J connectivity index is 2.19. The number of aromatic nitrogens is 2. The Morgan fingerprint density at radius 1 is 1.16 bits per heavy atom. The van der Waals surface area contributed by atoms with Gasteiger partial charge >= 0.3 is 0 Å². The molecule has 0 saturated heterocycles. The van der Waals surface area contributed by atoms with Crippen molar-refractivity contribution in [1.29, 1.82) is 0 Å². The lowest BCUT2D eigenvalue weighted by molar-refractivity contribution is 0.414. The molecule has 0 fully saturated rings. The number of aryl methyl sites for hydroxylation is 1. The molecule has 6 heteroatoms. The fourth-order valence-corrected chi connectivity index (χ4v) is 3.31. The van der Waals surface area contributed by atoms with Gasteiger partial charge in [0.2, 0.25) is 0 Å². The number of halogens is 2. The Morgan fingerprint density at radius 2 is 1.80 bits per heavy atom. The van der Waals surface area contributed by atoms with Gasteiger partial charge in [-0.05, 0) is 36.2 Å². The lowest BCUT2D eigenvalue weighted by Gasteiger charge is -2.17. The van der Waals surface area contributed by atoms with Gasteiger partial charge in [0, 0.05) is 13.0 Å². The lowest BCUT2D eigenvalue weighted by Crippen LogP contribution is -2.26. The molecule has 0 N–H and O–H groups in total. The van der Waals surface area contributed by atoms with Crippen molar-refractivity contribution in [2.24, 2.45) is 7.05 Å². The summed E-state index contributed by atoms with van der Waals surface area (Å²) in [6.07, 6.45) is 0.751. The first-order chi connectivity index (χ1) is 12.0. The summed E-state index contributed by atoms with van der Waals surface area (Å²) in [6.45, 7) is 2.04. The number of fused-ring (bicyclic) bond motifs is 1. The van der Waals surface area contributed by atoms with Crippen LogP contribution in [-0.2, 0) is 7.05 Å². The molecule has 0 radical (unpaired) electrons. The van der Waals surface area contributed by atoms with E-state index in [1.807, 2.05) is 31.2 Å². The van der Waals surface area contributed by atoms with Crippen LogP contribution in [0.25, 0.3) is 11.0 Å². The van der Waals surface area contributed by atoms with Crippen molar-refractivity contribution >= 4 is 34.2 Å². The van der Waals surface area contributed by atoms with Crippen LogP contribution in [0.5, 0.6) is 5.75 Å². The first-order valence-electron chi connectivity index (χ1n) is 7.95. The molecule has 130 valence electrons. The fraction of sp³-hybridized carbons (Fsp3) is 0.263. The van der Waals surface area contributed by atoms with Crippen LogP contribution in [0.3, 0.4) is 0 Å². The van der Waals surface area contributed by atoms with Gasteiger partial charge in [-0.2, -0.15) is 0 Å². The van der Waals surface area contributed by atoms with E-state index in [9.17, 15) is 4.79 Å². The normalized spacial score (nSPS) is 12.4. The van der Waals surface area contributed by atoms with Crippen LogP contribution in [0, 0.1) is 0 Å². The second kappa shape index (κ2) is 7.06. The number of ether oxygens (including phenoxy) is 1. The molecular formula is C19H18Cl2N2O2. The molecule has 0 aliphatic heterocycles. The van der Waals surface area contributed by atoms with Gasteiger partial charge in [-0.25, -0.2) is 4.98 Å². The Morgan fingerprint density at radius 3 is 2.40 bits per heavy atom. The summed E-state index contributed by atoms with van der Waals surface area (Å²) in [6, 6.07) is 11.1. The Hall–Kier alpha value is -2.04. The van der Waals surface area contributed by atoms with E-state index in [0.717, 1.165) is 17.7 Å². The zero-order valence-corrected chi connectivity index (χ0v) is 15.7. The number of rotatable bonds is 4. The predicted octanol–water partition coefficient (Wildman–Crippen LogP) is 4.79. The zero-order valence-electron chi connectivity index (χ0n) is 14.2. The molecule has 0 aliphatic rings. The van der Waals surface area contributed by atoms with Crippen molar-refractivity contribution in [2.45, 2.75) is 19.3 Å². The summed E-state index contributed by atoms with van der Waals surface area (Å²) in [4.78, 5) is 17.5. The quantitative estimate of drug-likeness (QED) is 0.657. The first kappa shape index (κ1) is 17.8. The minimum absolute atomic E-state index is 0.108. The minimum Gasteiger partial charge on any atom is -0.497 e. The summed E-state index contributed by atoms with van der Waals surface area (Å²) in [5.41, 5.74) is 2.70. The lowest BCUT2D eigenvalue weighted by atomic mass is 9.93. The second-order valence-electron chi connectivity index (χ2n) is 5.85. The van der Waals surface area contributed by atoms with Gasteiger partial charge in [0.25, 0.3) is 5.56 Å². The van der Waals surface area contributed by atoms with Crippen molar-refractivity contribution in [3.8, 4) is 5.75 Å². The molecule has 3 rings (SSSR count). The van der Waals surface area contributed by atoms with Crippen LogP contribution in [0.2, 0.25) is 10.0 Å². The van der Waals surface area contributed by atoms with Gasteiger partial charge < -0.3 is 9.30 Å². The number of hydrogen-bond acceptors (Lipinski definition) is 3. The first-order valence-corrected chi connectivity index (χ1v) is 8.71. The Labute approximate surface area is 156 Å². The van der Waals surface area contributed by atoms with Gasteiger partial charge in [0.15, 0.2) is 0 Å². The maximum atomic E-state index is 12.9. The average Bonchev–Trinajstić information content (AvgIpc) is 2.62. The largest absolute Gasteiger partial charge is 0.497 e. The minimum atomic E-state index is -0.131. The molecule has 4 nitrogen and oxygen atoms in total. The van der Waals surface area contributed by atoms with E-state index < -0.39 is 0 Å². The van der Waals surface area contributed by atoms with Gasteiger partial charge in [-0.1, -0.05) is 42.3 Å². The van der Waals surface area contributed by atoms with Gasteiger partial charge in [-0.15, -0.1) is 0 Å². The fourth-order valence-electron chi connectivity index (χ4n) is 2.99. The third-order valence-corrected chi connectivity index (χ3v) is 5.12. The van der Waals surface area contributed by atoms with E-state index in [4.69, 9.17) is 27.9 Å². The maximum Gasteiger partial charge on any atom is 0.273 e. The van der Waals surface area contributed by atoms with E-state index >= 15 is 0 Å². The average molecular weight is 377 g/mol. The van der Waals surface area contributed by atoms with E-state index in [1.165, 1.54) is 0 Å². The number of nitrogens with zero attached hydrogens (tertiary/aromatic N) is 2. The summed E-state index contributed by atoms with van der Waals surface area (Å²) in [5, 5.41) is 0.824. The highest BCUT2D eigenvalue weighted by atomic mass is 35.5. The Kier molecular flexibility index (Phi) is 5.02. The number of benzene rings is 2. The SMILES string of the molecule is CCC(c1ccc(OC)cc1)c1nc2cc(Cl)c(Cl)cc2n(C)c1=O. The molecule has 0 bridgehead atoms. The van der Waals surface area contributed by atoms with Gasteiger partial charge in [0.05, 0.1) is 28.2 Å². The molecule has 1 heterocycles. The maximum absolute atomic E-state index is 12.9. The van der Waals surface area contributed by atoms with Crippen LogP contribution < -0.4 is 10.3 Å². The highest BCUT2D eigenvalue weighted by Crippen LogP contribution is 2.30. The molecule has 0 spiro atoms. The second-order valence-corrected chi connectivity index (χ2v) is 6.66. The monoisotopic (exact) mass is 376 g/mol. The van der Waals surface area contributed by atoms with Crippen LogP contribution in [0.15, 0.2) is 41.2 Å². The summed E-state index contributed by atoms with van der Waals surface area (Å²) >= 11 is 12.2. The standard InChI is InChI=1S/C19H18Cl2N2O2/c1-4-13(11-5-7-12(25-3)8-6-11)18-19(24)23(2)17-10-15(21)14(20)9-16(17)22-18/h5-10,13H,4H2,1-3H3. The van der Waals surface area contributed by atoms with Crippen LogP contribution in [-0.4, -0.2) is 16.7 Å². The molecule has 0 aliphatic carbocycles. The molecule has 1 atom stereocenters.